The number of carbonyl (C=O) groups excluding carboxylic acids is 2. The number of hydroxylamine groups is 2. The summed E-state index contributed by atoms with van der Waals surface area (Å²) in [5, 5.41) is 14.3. The van der Waals surface area contributed by atoms with Gasteiger partial charge < -0.3 is 20.3 Å². The van der Waals surface area contributed by atoms with Crippen molar-refractivity contribution >= 4 is 28.2 Å². The maximum Gasteiger partial charge on any atom is 0.418 e. The lowest BCUT2D eigenvalue weighted by molar-refractivity contribution is -0.126. The van der Waals surface area contributed by atoms with E-state index in [2.05, 4.69) is 14.9 Å². The predicted molar refractivity (Wildman–Crippen MR) is 91.1 cm³/mol. The van der Waals surface area contributed by atoms with Crippen LogP contribution in [0.2, 0.25) is 0 Å². The van der Waals surface area contributed by atoms with Gasteiger partial charge in [0, 0.05) is 6.54 Å². The maximum absolute atomic E-state index is 12.3. The Kier molecular flexibility index (Phi) is 5.95. The molecule has 4 N–H and O–H groups in total. The first-order chi connectivity index (χ1) is 12.7. The molecule has 152 valence electrons. The molecular formula is C14H23N5O7S. The summed E-state index contributed by atoms with van der Waals surface area (Å²) < 4.78 is 40.4. The summed E-state index contributed by atoms with van der Waals surface area (Å²) >= 11 is 0. The lowest BCUT2D eigenvalue weighted by Crippen LogP contribution is -2.51. The molecule has 2 bridgehead atoms. The molecule has 3 aliphatic rings. The van der Waals surface area contributed by atoms with E-state index in [4.69, 9.17) is 14.7 Å². The van der Waals surface area contributed by atoms with Gasteiger partial charge in [0.15, 0.2) is 0 Å². The van der Waals surface area contributed by atoms with Gasteiger partial charge in [-0.3, -0.25) is 14.8 Å². The molecule has 3 saturated heterocycles. The SMILES string of the molecule is N=C(NC(=O)COC1CCNCC1)[C@@H]1CC[C@@H]2CN1C(=O)N2OS(=O)(=O)O. The summed E-state index contributed by atoms with van der Waals surface area (Å²) in [5.74, 6) is -0.632. The Balaban J connectivity index is 1.51. The van der Waals surface area contributed by atoms with Gasteiger partial charge in [-0.25, -0.2) is 4.79 Å². The Morgan fingerprint density at radius 3 is 2.67 bits per heavy atom. The maximum atomic E-state index is 12.3. The summed E-state index contributed by atoms with van der Waals surface area (Å²) in [7, 11) is -4.82. The molecule has 12 nitrogen and oxygen atoms in total. The molecule has 2 atom stereocenters. The lowest BCUT2D eigenvalue weighted by Gasteiger charge is -2.30. The number of amides is 3. The number of fused-ring (bicyclic) bond motifs is 2. The van der Waals surface area contributed by atoms with Crippen LogP contribution in [0.3, 0.4) is 0 Å². The molecule has 3 fully saturated rings. The molecule has 0 spiro atoms. The molecule has 0 aromatic carbocycles. The number of nitrogens with one attached hydrogen (secondary N) is 3. The molecular weight excluding hydrogens is 382 g/mol. The summed E-state index contributed by atoms with van der Waals surface area (Å²) in [5.41, 5.74) is 0. The van der Waals surface area contributed by atoms with Crippen LogP contribution in [0.15, 0.2) is 0 Å². The molecule has 0 saturated carbocycles. The predicted octanol–water partition coefficient (Wildman–Crippen LogP) is -1.15. The van der Waals surface area contributed by atoms with Gasteiger partial charge in [0.25, 0.3) is 5.91 Å². The van der Waals surface area contributed by atoms with Crippen LogP contribution in [-0.2, 0) is 24.2 Å². The minimum atomic E-state index is -4.82. The highest BCUT2D eigenvalue weighted by atomic mass is 32.3. The summed E-state index contributed by atoms with van der Waals surface area (Å²) in [4.78, 5) is 25.6. The van der Waals surface area contributed by atoms with Crippen molar-refractivity contribution in [2.75, 3.05) is 26.2 Å². The monoisotopic (exact) mass is 405 g/mol. The van der Waals surface area contributed by atoms with Crippen molar-refractivity contribution in [1.82, 2.24) is 20.6 Å². The van der Waals surface area contributed by atoms with Crippen LogP contribution in [0, 0.1) is 5.41 Å². The highest BCUT2D eigenvalue weighted by molar-refractivity contribution is 7.80. The molecule has 3 amide bonds. The van der Waals surface area contributed by atoms with E-state index < -0.39 is 34.4 Å². The zero-order valence-corrected chi connectivity index (χ0v) is 15.4. The third-order valence-corrected chi connectivity index (χ3v) is 5.19. The van der Waals surface area contributed by atoms with Crippen LogP contribution in [0.5, 0.6) is 0 Å². The average molecular weight is 405 g/mol. The molecule has 0 aromatic rings. The zero-order chi connectivity index (χ0) is 19.6. The third kappa shape index (κ3) is 4.93. The molecule has 0 aromatic heterocycles. The first-order valence-corrected chi connectivity index (χ1v) is 10.1. The van der Waals surface area contributed by atoms with E-state index in [0.717, 1.165) is 25.9 Å². The number of rotatable bonds is 6. The fourth-order valence-corrected chi connectivity index (χ4v) is 3.95. The first-order valence-electron chi connectivity index (χ1n) is 8.72. The molecule has 0 aliphatic carbocycles. The Bertz CT molecular complexity index is 709. The molecule has 3 heterocycles. The second-order valence-corrected chi connectivity index (χ2v) is 7.74. The van der Waals surface area contributed by atoms with E-state index in [1.165, 1.54) is 4.90 Å². The van der Waals surface area contributed by atoms with E-state index in [1.54, 1.807) is 0 Å². The fourth-order valence-electron chi connectivity index (χ4n) is 3.56. The van der Waals surface area contributed by atoms with Crippen molar-refractivity contribution in [3.8, 4) is 0 Å². The van der Waals surface area contributed by atoms with Crippen LogP contribution in [0.4, 0.5) is 4.79 Å². The number of hydrogen-bond acceptors (Lipinski definition) is 8. The molecule has 27 heavy (non-hydrogen) atoms. The number of ether oxygens (including phenoxy) is 1. The van der Waals surface area contributed by atoms with Crippen molar-refractivity contribution in [3.63, 3.8) is 0 Å². The van der Waals surface area contributed by atoms with Crippen LogP contribution in [0.25, 0.3) is 0 Å². The summed E-state index contributed by atoms with van der Waals surface area (Å²) in [6.45, 7) is 1.65. The minimum Gasteiger partial charge on any atom is -0.368 e. The van der Waals surface area contributed by atoms with Gasteiger partial charge in [0.1, 0.15) is 12.4 Å². The van der Waals surface area contributed by atoms with E-state index in [1.807, 2.05) is 0 Å². The number of nitrogens with zero attached hydrogens (tertiary/aromatic N) is 2. The van der Waals surface area contributed by atoms with E-state index in [-0.39, 0.29) is 25.1 Å². The molecule has 0 unspecified atom stereocenters. The van der Waals surface area contributed by atoms with E-state index in [0.29, 0.717) is 17.9 Å². The van der Waals surface area contributed by atoms with Crippen LogP contribution in [-0.4, -0.2) is 85.1 Å². The summed E-state index contributed by atoms with van der Waals surface area (Å²) in [6.07, 6.45) is 2.37. The highest BCUT2D eigenvalue weighted by Gasteiger charge is 2.48. The number of carbonyl (C=O) groups is 2. The van der Waals surface area contributed by atoms with Crippen molar-refractivity contribution in [1.29, 1.82) is 5.41 Å². The smallest absolute Gasteiger partial charge is 0.368 e. The minimum absolute atomic E-state index is 0.00733. The number of hydrogen-bond donors (Lipinski definition) is 4. The topological polar surface area (TPSA) is 161 Å². The Hall–Kier alpha value is -1.80. The Morgan fingerprint density at radius 2 is 2.00 bits per heavy atom. The van der Waals surface area contributed by atoms with Gasteiger partial charge >= 0.3 is 16.4 Å². The van der Waals surface area contributed by atoms with Gasteiger partial charge in [-0.2, -0.15) is 13.5 Å². The van der Waals surface area contributed by atoms with E-state index in [9.17, 15) is 18.0 Å². The van der Waals surface area contributed by atoms with Crippen molar-refractivity contribution in [2.45, 2.75) is 43.9 Å². The molecule has 3 aliphatic heterocycles. The summed E-state index contributed by atoms with van der Waals surface area (Å²) in [6, 6.07) is -2.01. The average Bonchev–Trinajstić information content (AvgIpc) is 2.84. The van der Waals surface area contributed by atoms with Crippen molar-refractivity contribution in [3.05, 3.63) is 0 Å². The fraction of sp³-hybridized carbons (Fsp3) is 0.786. The van der Waals surface area contributed by atoms with Crippen LogP contribution in [0.1, 0.15) is 25.7 Å². The Morgan fingerprint density at radius 1 is 1.30 bits per heavy atom. The quantitative estimate of drug-likeness (QED) is 0.245. The van der Waals surface area contributed by atoms with E-state index >= 15 is 0 Å². The van der Waals surface area contributed by atoms with Crippen LogP contribution >= 0.6 is 0 Å². The lowest BCUT2D eigenvalue weighted by atomic mass is 10.00. The van der Waals surface area contributed by atoms with Gasteiger partial charge in [-0.15, -0.1) is 4.28 Å². The van der Waals surface area contributed by atoms with Gasteiger partial charge in [0.05, 0.1) is 18.2 Å². The second kappa shape index (κ2) is 8.06. The number of urea groups is 1. The van der Waals surface area contributed by atoms with Gasteiger partial charge in [-0.05, 0) is 38.8 Å². The zero-order valence-electron chi connectivity index (χ0n) is 14.6. The second-order valence-electron chi connectivity index (χ2n) is 6.73. The van der Waals surface area contributed by atoms with Gasteiger partial charge in [-0.1, -0.05) is 0 Å². The Labute approximate surface area is 156 Å². The van der Waals surface area contributed by atoms with Crippen molar-refractivity contribution in [2.24, 2.45) is 0 Å². The van der Waals surface area contributed by atoms with Gasteiger partial charge in [0.2, 0.25) is 0 Å². The van der Waals surface area contributed by atoms with Crippen LogP contribution < -0.4 is 10.6 Å². The molecule has 0 radical (unpaired) electrons. The normalized spacial score (nSPS) is 26.3. The largest absolute Gasteiger partial charge is 0.418 e. The third-order valence-electron chi connectivity index (χ3n) is 4.84. The highest BCUT2D eigenvalue weighted by Crippen LogP contribution is 2.30. The molecule has 13 heteroatoms. The standard InChI is InChI=1S/C14H23N5O7S/c15-13(17-12(20)8-25-10-3-5-16-6-4-10)11-2-1-9-7-18(11)14(21)19(9)26-27(22,23)24/h9-11,16H,1-8H2,(H2,15,17,20)(H,22,23,24)/t9-,11+/m1/s1. The molecule has 3 rings (SSSR count). The number of piperidine rings is 2. The number of amidine groups is 1. The first kappa shape index (κ1) is 19.9. The van der Waals surface area contributed by atoms with Crippen molar-refractivity contribution < 1.29 is 31.6 Å².